The van der Waals surface area contributed by atoms with E-state index in [4.69, 9.17) is 9.84 Å². The Hall–Kier alpha value is -1.75. The summed E-state index contributed by atoms with van der Waals surface area (Å²) in [5.41, 5.74) is 2.04. The average Bonchev–Trinajstić information content (AvgIpc) is 2.34. The Morgan fingerprint density at radius 2 is 2.11 bits per heavy atom. The van der Waals surface area contributed by atoms with Crippen molar-refractivity contribution in [3.63, 3.8) is 0 Å². The summed E-state index contributed by atoms with van der Waals surface area (Å²) in [6.07, 6.45) is 0.0868. The minimum atomic E-state index is -0.301. The first kappa shape index (κ1) is 15.3. The third-order valence-corrected chi connectivity index (χ3v) is 2.42. The highest BCUT2D eigenvalue weighted by molar-refractivity contribution is 5.73. The van der Waals surface area contributed by atoms with Crippen LogP contribution in [0.15, 0.2) is 18.2 Å². The van der Waals surface area contributed by atoms with Crippen LogP contribution >= 0.6 is 0 Å². The Balaban J connectivity index is 2.64. The zero-order valence-electron chi connectivity index (χ0n) is 11.7. The fraction of sp³-hybridized carbons (Fsp3) is 0.500. The van der Waals surface area contributed by atoms with Gasteiger partial charge in [0.2, 0.25) is 0 Å². The van der Waals surface area contributed by atoms with Gasteiger partial charge < -0.3 is 20.5 Å². The second-order valence-corrected chi connectivity index (χ2v) is 4.61. The van der Waals surface area contributed by atoms with Crippen molar-refractivity contribution < 1.29 is 14.6 Å². The van der Waals surface area contributed by atoms with E-state index in [1.165, 1.54) is 0 Å². The maximum Gasteiger partial charge on any atom is 0.315 e. The summed E-state index contributed by atoms with van der Waals surface area (Å²) in [4.78, 5) is 11.4. The number of carbonyl (C=O) groups is 1. The summed E-state index contributed by atoms with van der Waals surface area (Å²) < 4.78 is 5.73. The minimum absolute atomic E-state index is 0.0698. The summed E-state index contributed by atoms with van der Waals surface area (Å²) in [6, 6.07) is 5.59. The molecule has 0 fully saturated rings. The molecule has 0 bridgehead atoms. The lowest BCUT2D eigenvalue weighted by Gasteiger charge is -2.15. The highest BCUT2D eigenvalue weighted by Crippen LogP contribution is 2.21. The molecule has 0 atom stereocenters. The molecule has 0 unspecified atom stereocenters. The monoisotopic (exact) mass is 266 g/mol. The molecule has 0 heterocycles. The molecular formula is C14H22N2O3. The van der Waals surface area contributed by atoms with Crippen molar-refractivity contribution in [1.29, 1.82) is 0 Å². The smallest absolute Gasteiger partial charge is 0.315 e. The molecule has 0 aromatic heterocycles. The Bertz CT molecular complexity index is 419. The lowest BCUT2D eigenvalue weighted by Crippen LogP contribution is -2.36. The number of benzene rings is 1. The quantitative estimate of drug-likeness (QED) is 0.732. The maximum absolute atomic E-state index is 11.4. The van der Waals surface area contributed by atoms with Crippen molar-refractivity contribution >= 4 is 6.03 Å². The van der Waals surface area contributed by atoms with Crippen LogP contribution in [0.25, 0.3) is 0 Å². The fourth-order valence-corrected chi connectivity index (χ4v) is 1.58. The molecule has 19 heavy (non-hydrogen) atoms. The van der Waals surface area contributed by atoms with E-state index < -0.39 is 0 Å². The van der Waals surface area contributed by atoms with Gasteiger partial charge in [-0.2, -0.15) is 0 Å². The molecule has 5 heteroatoms. The molecule has 0 saturated carbocycles. The van der Waals surface area contributed by atoms with Gasteiger partial charge in [-0.05, 0) is 32.4 Å². The van der Waals surface area contributed by atoms with Crippen LogP contribution in [0.4, 0.5) is 4.79 Å². The molecule has 1 aromatic carbocycles. The molecule has 0 aliphatic carbocycles. The van der Waals surface area contributed by atoms with E-state index >= 15 is 0 Å². The van der Waals surface area contributed by atoms with Gasteiger partial charge in [0.05, 0.1) is 12.7 Å². The van der Waals surface area contributed by atoms with Crippen LogP contribution in [0.1, 0.15) is 25.0 Å². The molecule has 0 radical (unpaired) electrons. The molecule has 0 spiro atoms. The van der Waals surface area contributed by atoms with Crippen LogP contribution in [0.5, 0.6) is 5.75 Å². The third kappa shape index (κ3) is 5.61. The number of aryl methyl sites for hydroxylation is 1. The van der Waals surface area contributed by atoms with Crippen molar-refractivity contribution in [3.8, 4) is 5.75 Å². The number of carbonyl (C=O) groups excluding carboxylic acids is 1. The van der Waals surface area contributed by atoms with E-state index in [1.54, 1.807) is 0 Å². The van der Waals surface area contributed by atoms with Crippen LogP contribution < -0.4 is 15.4 Å². The van der Waals surface area contributed by atoms with E-state index in [0.717, 1.165) is 16.9 Å². The topological polar surface area (TPSA) is 70.6 Å². The molecule has 0 saturated heterocycles. The number of hydrogen-bond acceptors (Lipinski definition) is 3. The maximum atomic E-state index is 11.4. The van der Waals surface area contributed by atoms with Gasteiger partial charge in [0.1, 0.15) is 5.75 Å². The molecule has 0 aliphatic heterocycles. The zero-order chi connectivity index (χ0) is 14.3. The van der Waals surface area contributed by atoms with Gasteiger partial charge in [-0.15, -0.1) is 0 Å². The Kier molecular flexibility index (Phi) is 6.15. The van der Waals surface area contributed by atoms with Crippen LogP contribution in [0.2, 0.25) is 0 Å². The number of urea groups is 1. The highest BCUT2D eigenvalue weighted by Gasteiger charge is 2.07. The second kappa shape index (κ2) is 7.63. The molecule has 106 valence electrons. The SMILES string of the molecule is Cc1ccc(CNC(=O)NCCO)c(OC(C)C)c1. The summed E-state index contributed by atoms with van der Waals surface area (Å²) in [5, 5.41) is 13.9. The van der Waals surface area contributed by atoms with E-state index in [2.05, 4.69) is 10.6 Å². The van der Waals surface area contributed by atoms with Gasteiger partial charge >= 0.3 is 6.03 Å². The van der Waals surface area contributed by atoms with Crippen molar-refractivity contribution in [1.82, 2.24) is 10.6 Å². The van der Waals surface area contributed by atoms with Gasteiger partial charge in [0.15, 0.2) is 0 Å². The van der Waals surface area contributed by atoms with Crippen molar-refractivity contribution in [2.75, 3.05) is 13.2 Å². The molecule has 5 nitrogen and oxygen atoms in total. The number of amides is 2. The summed E-state index contributed by atoms with van der Waals surface area (Å²) in [5.74, 6) is 0.789. The van der Waals surface area contributed by atoms with Crippen LogP contribution in [0.3, 0.4) is 0 Å². The largest absolute Gasteiger partial charge is 0.491 e. The normalized spacial score (nSPS) is 10.4. The minimum Gasteiger partial charge on any atom is -0.491 e. The van der Waals surface area contributed by atoms with Crippen molar-refractivity contribution in [2.45, 2.75) is 33.4 Å². The van der Waals surface area contributed by atoms with Crippen LogP contribution in [0, 0.1) is 6.92 Å². The van der Waals surface area contributed by atoms with Crippen molar-refractivity contribution in [3.05, 3.63) is 29.3 Å². The summed E-state index contributed by atoms with van der Waals surface area (Å²) >= 11 is 0. The lowest BCUT2D eigenvalue weighted by atomic mass is 10.1. The fourth-order valence-electron chi connectivity index (χ4n) is 1.58. The average molecular weight is 266 g/mol. The summed E-state index contributed by atoms with van der Waals surface area (Å²) in [6.45, 7) is 6.49. The van der Waals surface area contributed by atoms with Gasteiger partial charge in [-0.3, -0.25) is 0 Å². The number of aliphatic hydroxyl groups excluding tert-OH is 1. The Labute approximate surface area is 114 Å². The molecular weight excluding hydrogens is 244 g/mol. The van der Waals surface area contributed by atoms with Crippen LogP contribution in [-0.4, -0.2) is 30.4 Å². The number of aliphatic hydroxyl groups is 1. The number of hydrogen-bond donors (Lipinski definition) is 3. The van der Waals surface area contributed by atoms with Gasteiger partial charge in [0, 0.05) is 18.7 Å². The van der Waals surface area contributed by atoms with E-state index in [1.807, 2.05) is 39.0 Å². The lowest BCUT2D eigenvalue weighted by molar-refractivity contribution is 0.231. The van der Waals surface area contributed by atoms with E-state index in [0.29, 0.717) is 6.54 Å². The van der Waals surface area contributed by atoms with Gasteiger partial charge in [-0.25, -0.2) is 4.79 Å². The zero-order valence-corrected chi connectivity index (χ0v) is 11.7. The third-order valence-electron chi connectivity index (χ3n) is 2.42. The van der Waals surface area contributed by atoms with E-state index in [9.17, 15) is 4.79 Å². The number of ether oxygens (including phenoxy) is 1. The first-order chi connectivity index (χ1) is 9.02. The van der Waals surface area contributed by atoms with Crippen LogP contribution in [-0.2, 0) is 6.54 Å². The number of rotatable bonds is 6. The van der Waals surface area contributed by atoms with Gasteiger partial charge in [-0.1, -0.05) is 12.1 Å². The van der Waals surface area contributed by atoms with Gasteiger partial charge in [0.25, 0.3) is 0 Å². The summed E-state index contributed by atoms with van der Waals surface area (Å²) in [7, 11) is 0. The first-order valence-corrected chi connectivity index (χ1v) is 6.41. The predicted molar refractivity (Wildman–Crippen MR) is 74.3 cm³/mol. The molecule has 3 N–H and O–H groups in total. The second-order valence-electron chi connectivity index (χ2n) is 4.61. The molecule has 0 aliphatic rings. The van der Waals surface area contributed by atoms with Crippen molar-refractivity contribution in [2.24, 2.45) is 0 Å². The highest BCUT2D eigenvalue weighted by atomic mass is 16.5. The molecule has 1 rings (SSSR count). The molecule has 2 amide bonds. The standard InChI is InChI=1S/C14H22N2O3/c1-10(2)19-13-8-11(3)4-5-12(13)9-16-14(18)15-6-7-17/h4-5,8,10,17H,6-7,9H2,1-3H3,(H2,15,16,18). The first-order valence-electron chi connectivity index (χ1n) is 6.41. The predicted octanol–water partition coefficient (Wildman–Crippen LogP) is 1.57. The van der Waals surface area contributed by atoms with E-state index in [-0.39, 0.29) is 25.3 Å². The Morgan fingerprint density at radius 3 is 2.74 bits per heavy atom. The Morgan fingerprint density at radius 1 is 1.37 bits per heavy atom. The number of nitrogens with one attached hydrogen (secondary N) is 2. The molecule has 1 aromatic rings.